The van der Waals surface area contributed by atoms with E-state index in [1.807, 2.05) is 5.43 Å². The zero-order chi connectivity index (χ0) is 16.5. The van der Waals surface area contributed by atoms with Gasteiger partial charge in [0.1, 0.15) is 5.76 Å². The molecule has 0 atom stereocenters. The fourth-order valence-electron chi connectivity index (χ4n) is 1.34. The number of furan rings is 1. The van der Waals surface area contributed by atoms with Crippen LogP contribution in [0.5, 0.6) is 0 Å². The fraction of sp³-hybridized carbons (Fsp3) is 0.333. The lowest BCUT2D eigenvalue weighted by Gasteiger charge is -2.15. The first-order valence-electron chi connectivity index (χ1n) is 6.29. The van der Waals surface area contributed by atoms with Crippen LogP contribution in [-0.4, -0.2) is 35.3 Å². The largest absolute Gasteiger partial charge is 0.531 e. The molecule has 0 radical (unpaired) electrons. The molecule has 0 spiro atoms. The monoisotopic (exact) mass is 313 g/mol. The van der Waals surface area contributed by atoms with Crippen LogP contribution in [0.1, 0.15) is 19.6 Å². The average molecular weight is 313 g/mol. The van der Waals surface area contributed by atoms with Crippen molar-refractivity contribution in [2.75, 3.05) is 13.2 Å². The number of carbonyl (C=O) groups is 2. The molecule has 10 nitrogen and oxygen atoms in total. The van der Waals surface area contributed by atoms with Gasteiger partial charge in [0.25, 0.3) is 0 Å². The highest BCUT2D eigenvalue weighted by Gasteiger charge is 2.34. The van der Waals surface area contributed by atoms with Gasteiger partial charge >= 0.3 is 18.0 Å². The summed E-state index contributed by atoms with van der Waals surface area (Å²) in [6, 6.07) is 2.95. The van der Waals surface area contributed by atoms with Crippen LogP contribution in [0.2, 0.25) is 0 Å². The molecule has 0 aliphatic rings. The van der Waals surface area contributed by atoms with Crippen LogP contribution in [0.4, 0.5) is 9.59 Å². The van der Waals surface area contributed by atoms with Crippen molar-refractivity contribution in [1.82, 2.24) is 10.4 Å². The van der Waals surface area contributed by atoms with E-state index in [1.165, 1.54) is 25.3 Å². The summed E-state index contributed by atoms with van der Waals surface area (Å²) in [6.45, 7) is 3.05. The van der Waals surface area contributed by atoms with Crippen LogP contribution < -0.4 is 5.43 Å². The molecule has 0 unspecified atom stereocenters. The van der Waals surface area contributed by atoms with Gasteiger partial charge < -0.3 is 24.0 Å². The minimum atomic E-state index is -1.13. The topological polar surface area (TPSA) is 124 Å². The number of hydrogen-bond donors (Lipinski definition) is 1. The van der Waals surface area contributed by atoms with Crippen molar-refractivity contribution in [2.45, 2.75) is 13.8 Å². The second-order valence-electron chi connectivity index (χ2n) is 3.64. The Morgan fingerprint density at radius 3 is 2.59 bits per heavy atom. The lowest BCUT2D eigenvalue weighted by atomic mass is 10.4. The van der Waals surface area contributed by atoms with Gasteiger partial charge in [0.15, 0.2) is 0 Å². The maximum absolute atomic E-state index is 11.8. The molecule has 0 fully saturated rings. The van der Waals surface area contributed by atoms with Gasteiger partial charge in [-0.05, 0) is 35.9 Å². The van der Waals surface area contributed by atoms with E-state index in [0.29, 0.717) is 5.01 Å². The van der Waals surface area contributed by atoms with E-state index in [-0.39, 0.29) is 19.0 Å². The first-order chi connectivity index (χ1) is 10.5. The SMILES string of the molecule is CCOC(=O)NN(C(=O)OCC)/C(=C/c1ccco1)[N+](=O)[O-]. The summed E-state index contributed by atoms with van der Waals surface area (Å²) in [5, 5.41) is 11.5. The van der Waals surface area contributed by atoms with Gasteiger partial charge in [-0.2, -0.15) is 4.79 Å². The first-order valence-corrected chi connectivity index (χ1v) is 6.29. The van der Waals surface area contributed by atoms with E-state index in [9.17, 15) is 19.7 Å². The third-order valence-corrected chi connectivity index (χ3v) is 2.16. The maximum atomic E-state index is 11.8. The minimum absolute atomic E-state index is 0.0260. The molecule has 22 heavy (non-hydrogen) atoms. The number of nitro groups is 1. The third-order valence-electron chi connectivity index (χ3n) is 2.16. The number of carbonyl (C=O) groups excluding carboxylic acids is 2. The van der Waals surface area contributed by atoms with Crippen molar-refractivity contribution < 1.29 is 28.4 Å². The summed E-state index contributed by atoms with van der Waals surface area (Å²) >= 11 is 0. The molecule has 1 aromatic rings. The Balaban J connectivity index is 3.11. The van der Waals surface area contributed by atoms with E-state index < -0.39 is 22.9 Å². The zero-order valence-corrected chi connectivity index (χ0v) is 12.0. The predicted octanol–water partition coefficient (Wildman–Crippen LogP) is 1.97. The molecular weight excluding hydrogens is 298 g/mol. The number of nitrogens with zero attached hydrogens (tertiary/aromatic N) is 2. The lowest BCUT2D eigenvalue weighted by Crippen LogP contribution is -2.47. The molecular formula is C12H15N3O7. The van der Waals surface area contributed by atoms with Crippen molar-refractivity contribution in [1.29, 1.82) is 0 Å². The van der Waals surface area contributed by atoms with E-state index in [0.717, 1.165) is 6.08 Å². The van der Waals surface area contributed by atoms with Gasteiger partial charge in [-0.25, -0.2) is 4.79 Å². The van der Waals surface area contributed by atoms with Gasteiger partial charge in [0.2, 0.25) is 0 Å². The number of nitrogens with one attached hydrogen (secondary N) is 1. The minimum Gasteiger partial charge on any atom is -0.465 e. The zero-order valence-electron chi connectivity index (χ0n) is 12.0. The van der Waals surface area contributed by atoms with Crippen molar-refractivity contribution in [3.8, 4) is 0 Å². The molecule has 1 heterocycles. The summed E-state index contributed by atoms with van der Waals surface area (Å²) in [5.41, 5.74) is 1.94. The number of hydrogen-bond acceptors (Lipinski definition) is 7. The summed E-state index contributed by atoms with van der Waals surface area (Å²) in [4.78, 5) is 33.6. The maximum Gasteiger partial charge on any atom is 0.531 e. The Morgan fingerprint density at radius 1 is 1.41 bits per heavy atom. The summed E-state index contributed by atoms with van der Waals surface area (Å²) < 4.78 is 14.2. The molecule has 120 valence electrons. The molecule has 1 rings (SSSR count). The van der Waals surface area contributed by atoms with Crippen molar-refractivity contribution >= 4 is 18.3 Å². The van der Waals surface area contributed by atoms with Crippen molar-refractivity contribution in [3.05, 3.63) is 40.1 Å². The number of ether oxygens (including phenoxy) is 2. The predicted molar refractivity (Wildman–Crippen MR) is 72.7 cm³/mol. The molecule has 0 bridgehead atoms. The summed E-state index contributed by atoms with van der Waals surface area (Å²) in [7, 11) is 0. The second-order valence-corrected chi connectivity index (χ2v) is 3.64. The molecule has 1 aromatic heterocycles. The van der Waals surface area contributed by atoms with E-state index in [4.69, 9.17) is 4.42 Å². The standard InChI is InChI=1S/C12H15N3O7/c1-3-20-11(16)13-14(12(17)21-4-2)10(15(18)19)8-9-6-5-7-22-9/h5-8H,3-4H2,1-2H3,(H,13,16)/b10-8-. The lowest BCUT2D eigenvalue weighted by molar-refractivity contribution is -0.443. The number of amides is 2. The van der Waals surface area contributed by atoms with Crippen LogP contribution in [0.15, 0.2) is 28.6 Å². The summed E-state index contributed by atoms with van der Waals surface area (Å²) in [5.74, 6) is -0.645. The molecule has 0 aliphatic carbocycles. The Kier molecular flexibility index (Phi) is 6.41. The van der Waals surface area contributed by atoms with Crippen LogP contribution in [-0.2, 0) is 9.47 Å². The smallest absolute Gasteiger partial charge is 0.465 e. The molecule has 1 N–H and O–H groups in total. The highest BCUT2D eigenvalue weighted by molar-refractivity contribution is 5.76. The Morgan fingerprint density at radius 2 is 2.09 bits per heavy atom. The van der Waals surface area contributed by atoms with Crippen LogP contribution in [0.25, 0.3) is 6.08 Å². The normalized spacial score (nSPS) is 10.7. The second kappa shape index (κ2) is 8.29. The third kappa shape index (κ3) is 4.81. The van der Waals surface area contributed by atoms with E-state index in [1.54, 1.807) is 6.92 Å². The fourth-order valence-corrected chi connectivity index (χ4v) is 1.34. The Hall–Kier alpha value is -3.04. The molecule has 0 aromatic carbocycles. The van der Waals surface area contributed by atoms with Gasteiger partial charge in [0.05, 0.1) is 25.6 Å². The molecule has 0 saturated carbocycles. The van der Waals surface area contributed by atoms with Gasteiger partial charge in [-0.1, -0.05) is 0 Å². The van der Waals surface area contributed by atoms with Gasteiger partial charge in [0, 0.05) is 0 Å². The van der Waals surface area contributed by atoms with Crippen LogP contribution >= 0.6 is 0 Å². The molecule has 2 amide bonds. The molecule has 0 aliphatic heterocycles. The Labute approximate surface area is 125 Å². The van der Waals surface area contributed by atoms with Gasteiger partial charge in [-0.3, -0.25) is 0 Å². The highest BCUT2D eigenvalue weighted by Crippen LogP contribution is 2.12. The summed E-state index contributed by atoms with van der Waals surface area (Å²) in [6.07, 6.45) is 0.0906. The van der Waals surface area contributed by atoms with E-state index >= 15 is 0 Å². The number of hydrazine groups is 1. The van der Waals surface area contributed by atoms with E-state index in [2.05, 4.69) is 9.47 Å². The van der Waals surface area contributed by atoms with Crippen molar-refractivity contribution in [3.63, 3.8) is 0 Å². The first kappa shape index (κ1) is 17.0. The van der Waals surface area contributed by atoms with Gasteiger partial charge in [-0.15, -0.1) is 5.43 Å². The van der Waals surface area contributed by atoms with Crippen molar-refractivity contribution in [2.24, 2.45) is 0 Å². The number of rotatable bonds is 5. The molecule has 0 saturated heterocycles. The quantitative estimate of drug-likeness (QED) is 0.650. The Bertz CT molecular complexity index is 553. The van der Waals surface area contributed by atoms with Crippen LogP contribution in [0, 0.1) is 10.1 Å². The molecule has 10 heteroatoms. The highest BCUT2D eigenvalue weighted by atomic mass is 16.6. The van der Waals surface area contributed by atoms with Crippen LogP contribution in [0.3, 0.4) is 0 Å². The average Bonchev–Trinajstić information content (AvgIpc) is 2.96.